The summed E-state index contributed by atoms with van der Waals surface area (Å²) in [5.41, 5.74) is 0.518. The van der Waals surface area contributed by atoms with Crippen LogP contribution in [0.3, 0.4) is 0 Å². The minimum Gasteiger partial charge on any atom is -0.497 e. The molecule has 3 rings (SSSR count). The molecule has 1 N–H and O–H groups in total. The largest absolute Gasteiger partial charge is 0.497 e. The van der Waals surface area contributed by atoms with Crippen LogP contribution in [0.2, 0.25) is 0 Å². The van der Waals surface area contributed by atoms with E-state index in [9.17, 15) is 14.4 Å². The summed E-state index contributed by atoms with van der Waals surface area (Å²) in [6.45, 7) is -0.592. The van der Waals surface area contributed by atoms with Crippen LogP contribution < -0.4 is 10.1 Å². The number of hydrogen-bond donors (Lipinski definition) is 1. The molecule has 0 fully saturated rings. The van der Waals surface area contributed by atoms with Crippen molar-refractivity contribution < 1.29 is 23.9 Å². The van der Waals surface area contributed by atoms with Gasteiger partial charge in [-0.1, -0.05) is 30.0 Å². The first-order chi connectivity index (χ1) is 14.6. The van der Waals surface area contributed by atoms with Crippen molar-refractivity contribution in [2.75, 3.05) is 13.7 Å². The van der Waals surface area contributed by atoms with E-state index < -0.39 is 24.4 Å². The van der Waals surface area contributed by atoms with Crippen molar-refractivity contribution in [1.82, 2.24) is 10.3 Å². The van der Waals surface area contributed by atoms with Gasteiger partial charge in [0.05, 0.1) is 12.7 Å². The lowest BCUT2D eigenvalue weighted by atomic mass is 10.2. The zero-order valence-corrected chi connectivity index (χ0v) is 16.8. The van der Waals surface area contributed by atoms with Crippen molar-refractivity contribution >= 4 is 29.5 Å². The average Bonchev–Trinajstić information content (AvgIpc) is 2.78. The second kappa shape index (κ2) is 10.2. The molecule has 8 heteroatoms. The summed E-state index contributed by atoms with van der Waals surface area (Å²) in [4.78, 5) is 41.7. The van der Waals surface area contributed by atoms with Crippen molar-refractivity contribution in [3.8, 4) is 5.75 Å². The topological polar surface area (TPSA) is 94.6 Å². The smallest absolute Gasteiger partial charge is 0.341 e. The van der Waals surface area contributed by atoms with Crippen molar-refractivity contribution in [2.24, 2.45) is 0 Å². The van der Waals surface area contributed by atoms with Crippen molar-refractivity contribution in [2.45, 2.75) is 9.92 Å². The van der Waals surface area contributed by atoms with Crippen molar-refractivity contribution in [3.05, 3.63) is 84.1 Å². The number of imide groups is 1. The van der Waals surface area contributed by atoms with E-state index in [1.54, 1.807) is 30.5 Å². The molecular weight excluding hydrogens is 404 g/mol. The Morgan fingerprint density at radius 3 is 2.40 bits per heavy atom. The van der Waals surface area contributed by atoms with Gasteiger partial charge in [-0.25, -0.2) is 9.78 Å². The van der Waals surface area contributed by atoms with Crippen LogP contribution in [0.4, 0.5) is 0 Å². The van der Waals surface area contributed by atoms with Gasteiger partial charge in [0.2, 0.25) is 0 Å². The predicted octanol–water partition coefficient (Wildman–Crippen LogP) is 3.35. The minimum atomic E-state index is -0.731. The van der Waals surface area contributed by atoms with E-state index in [1.807, 2.05) is 30.3 Å². The molecule has 1 heterocycles. The maximum atomic E-state index is 12.4. The van der Waals surface area contributed by atoms with Gasteiger partial charge in [0.15, 0.2) is 6.61 Å². The minimum absolute atomic E-state index is 0.237. The Kier molecular flexibility index (Phi) is 7.18. The highest BCUT2D eigenvalue weighted by molar-refractivity contribution is 7.99. The molecule has 0 saturated carbocycles. The van der Waals surface area contributed by atoms with Gasteiger partial charge >= 0.3 is 5.97 Å². The fourth-order valence-corrected chi connectivity index (χ4v) is 3.31. The third kappa shape index (κ3) is 5.68. The molecule has 0 radical (unpaired) electrons. The molecule has 0 spiro atoms. The molecule has 0 unspecified atom stereocenters. The fourth-order valence-electron chi connectivity index (χ4n) is 2.41. The molecule has 0 bridgehead atoms. The summed E-state index contributed by atoms with van der Waals surface area (Å²) < 4.78 is 10.1. The van der Waals surface area contributed by atoms with Crippen LogP contribution in [0.5, 0.6) is 5.75 Å². The molecular formula is C22H18N2O5S. The zero-order chi connectivity index (χ0) is 21.3. The molecule has 152 valence electrons. The molecule has 0 aliphatic rings. The van der Waals surface area contributed by atoms with E-state index in [4.69, 9.17) is 9.47 Å². The Hall–Kier alpha value is -3.65. The molecule has 3 aromatic rings. The summed E-state index contributed by atoms with van der Waals surface area (Å²) >= 11 is 1.31. The number of esters is 1. The Labute approximate surface area is 177 Å². The van der Waals surface area contributed by atoms with Crippen molar-refractivity contribution in [3.63, 3.8) is 0 Å². The second-order valence-corrected chi connectivity index (χ2v) is 7.02. The Balaban J connectivity index is 1.57. The number of pyridine rings is 1. The van der Waals surface area contributed by atoms with E-state index in [-0.39, 0.29) is 11.1 Å². The first kappa shape index (κ1) is 21.1. The Morgan fingerprint density at radius 1 is 0.967 bits per heavy atom. The van der Waals surface area contributed by atoms with Crippen LogP contribution in [0.15, 0.2) is 82.8 Å². The van der Waals surface area contributed by atoms with Crippen molar-refractivity contribution in [1.29, 1.82) is 0 Å². The average molecular weight is 422 g/mol. The van der Waals surface area contributed by atoms with Crippen LogP contribution in [-0.4, -0.2) is 36.5 Å². The number of ether oxygens (including phenoxy) is 2. The van der Waals surface area contributed by atoms with Crippen LogP contribution in [0.25, 0.3) is 0 Å². The fraction of sp³-hybridized carbons (Fsp3) is 0.0909. The van der Waals surface area contributed by atoms with E-state index in [0.29, 0.717) is 10.8 Å². The number of hydrogen-bond acceptors (Lipinski definition) is 7. The van der Waals surface area contributed by atoms with Crippen LogP contribution in [0.1, 0.15) is 20.7 Å². The number of carbonyl (C=O) groups excluding carboxylic acids is 3. The normalized spacial score (nSPS) is 10.2. The molecule has 2 aromatic carbocycles. The number of carbonyl (C=O) groups is 3. The van der Waals surface area contributed by atoms with Gasteiger partial charge in [-0.15, -0.1) is 0 Å². The third-order valence-corrected chi connectivity index (χ3v) is 4.91. The van der Waals surface area contributed by atoms with Gasteiger partial charge in [-0.2, -0.15) is 0 Å². The molecule has 1 aromatic heterocycles. The van der Waals surface area contributed by atoms with Crippen LogP contribution >= 0.6 is 11.8 Å². The number of nitrogens with one attached hydrogen (secondary N) is 1. The molecule has 0 aliphatic carbocycles. The number of nitrogens with zero attached hydrogens (tertiary/aromatic N) is 1. The predicted molar refractivity (Wildman–Crippen MR) is 111 cm³/mol. The van der Waals surface area contributed by atoms with Gasteiger partial charge in [-0.3, -0.25) is 14.9 Å². The van der Waals surface area contributed by atoms with Crippen LogP contribution in [0, 0.1) is 0 Å². The lowest BCUT2D eigenvalue weighted by Gasteiger charge is -2.09. The number of methoxy groups -OCH3 is 1. The summed E-state index contributed by atoms with van der Waals surface area (Å²) in [5.74, 6) is -1.44. The molecule has 0 atom stereocenters. The maximum Gasteiger partial charge on any atom is 0.341 e. The first-order valence-corrected chi connectivity index (χ1v) is 9.72. The number of amides is 2. The highest BCUT2D eigenvalue weighted by Gasteiger charge is 2.17. The van der Waals surface area contributed by atoms with Gasteiger partial charge < -0.3 is 9.47 Å². The quantitative estimate of drug-likeness (QED) is 0.584. The lowest BCUT2D eigenvalue weighted by Crippen LogP contribution is -2.34. The summed E-state index contributed by atoms with van der Waals surface area (Å²) in [7, 11) is 1.51. The molecule has 7 nitrogen and oxygen atoms in total. The molecule has 0 saturated heterocycles. The van der Waals surface area contributed by atoms with E-state index in [0.717, 1.165) is 4.90 Å². The van der Waals surface area contributed by atoms with Gasteiger partial charge in [0.25, 0.3) is 11.8 Å². The van der Waals surface area contributed by atoms with E-state index >= 15 is 0 Å². The van der Waals surface area contributed by atoms with Gasteiger partial charge in [-0.05, 0) is 48.5 Å². The number of rotatable bonds is 7. The highest BCUT2D eigenvalue weighted by atomic mass is 32.2. The monoisotopic (exact) mass is 422 g/mol. The Bertz CT molecular complexity index is 1040. The second-order valence-electron chi connectivity index (χ2n) is 5.95. The number of benzene rings is 2. The van der Waals surface area contributed by atoms with E-state index in [1.165, 1.54) is 31.0 Å². The standard InChI is InChI=1S/C22H18N2O5S/c1-28-16-11-9-15(10-12-16)20(26)24-19(25)14-29-22(27)18-8-5-13-23-21(18)30-17-6-3-2-4-7-17/h2-13H,14H2,1H3,(H,24,25,26). The van der Waals surface area contributed by atoms with Crippen LogP contribution in [-0.2, 0) is 9.53 Å². The summed E-state index contributed by atoms with van der Waals surface area (Å²) in [6.07, 6.45) is 1.57. The number of aromatic nitrogens is 1. The SMILES string of the molecule is COc1ccc(C(=O)NC(=O)COC(=O)c2cccnc2Sc2ccccc2)cc1. The first-order valence-electron chi connectivity index (χ1n) is 8.90. The summed E-state index contributed by atoms with van der Waals surface area (Å²) in [6, 6.07) is 18.9. The highest BCUT2D eigenvalue weighted by Crippen LogP contribution is 2.28. The van der Waals surface area contributed by atoms with E-state index in [2.05, 4.69) is 10.3 Å². The van der Waals surface area contributed by atoms with Gasteiger partial charge in [0.1, 0.15) is 10.8 Å². The lowest BCUT2D eigenvalue weighted by molar-refractivity contribution is -0.123. The molecule has 2 amide bonds. The molecule has 0 aliphatic heterocycles. The maximum absolute atomic E-state index is 12.4. The Morgan fingerprint density at radius 2 is 1.70 bits per heavy atom. The summed E-state index contributed by atoms with van der Waals surface area (Å²) in [5, 5.41) is 2.64. The van der Waals surface area contributed by atoms with Gasteiger partial charge in [0, 0.05) is 16.7 Å². The third-order valence-electron chi connectivity index (χ3n) is 3.89. The zero-order valence-electron chi connectivity index (χ0n) is 16.0. The molecule has 30 heavy (non-hydrogen) atoms.